The number of esters is 1. The number of rotatable bonds is 5. The fourth-order valence-corrected chi connectivity index (χ4v) is 2.62. The number of aromatic nitrogens is 2. The van der Waals surface area contributed by atoms with E-state index in [9.17, 15) is 13.6 Å². The number of fused-ring (bicyclic) bond motifs is 1. The number of para-hydroxylation sites is 1. The Morgan fingerprint density at radius 1 is 1.24 bits per heavy atom. The molecular weight excluding hydrogens is 326 g/mol. The maximum atomic E-state index is 12.7. The maximum absolute atomic E-state index is 12.7. The molecule has 6 heteroatoms. The first-order chi connectivity index (χ1) is 12.0. The van der Waals surface area contributed by atoms with Gasteiger partial charge in [0.05, 0.1) is 16.6 Å². The van der Waals surface area contributed by atoms with E-state index in [4.69, 9.17) is 4.74 Å². The number of alkyl halides is 2. The monoisotopic (exact) mass is 344 g/mol. The lowest BCUT2D eigenvalue weighted by atomic mass is 9.98. The molecule has 0 bridgehead atoms. The van der Waals surface area contributed by atoms with Crippen LogP contribution in [0.1, 0.15) is 54.4 Å². The van der Waals surface area contributed by atoms with Crippen LogP contribution in [0.2, 0.25) is 0 Å². The van der Waals surface area contributed by atoms with Crippen molar-refractivity contribution in [1.82, 2.24) is 9.97 Å². The van der Waals surface area contributed by atoms with Gasteiger partial charge in [0, 0.05) is 0 Å². The highest BCUT2D eigenvalue weighted by atomic mass is 19.3. The highest BCUT2D eigenvalue weighted by molar-refractivity contribution is 5.95. The van der Waals surface area contributed by atoms with Crippen LogP contribution in [0.4, 0.5) is 8.78 Å². The second kappa shape index (κ2) is 7.01. The van der Waals surface area contributed by atoms with Crippen LogP contribution < -0.4 is 4.74 Å². The molecule has 0 saturated carbocycles. The van der Waals surface area contributed by atoms with Gasteiger partial charge in [-0.3, -0.25) is 0 Å². The second-order valence-corrected chi connectivity index (χ2v) is 5.89. The first kappa shape index (κ1) is 17.1. The van der Waals surface area contributed by atoms with Gasteiger partial charge in [-0.2, -0.15) is 0 Å². The largest absolute Gasteiger partial charge is 0.423 e. The molecule has 3 rings (SSSR count). The van der Waals surface area contributed by atoms with E-state index in [0.717, 1.165) is 12.0 Å². The third kappa shape index (κ3) is 3.52. The number of nitrogens with zero attached hydrogens (tertiary/aromatic N) is 1. The van der Waals surface area contributed by atoms with Gasteiger partial charge in [-0.1, -0.05) is 32.0 Å². The third-order valence-corrected chi connectivity index (χ3v) is 4.21. The normalized spacial score (nSPS) is 12.5. The van der Waals surface area contributed by atoms with Crippen molar-refractivity contribution in [2.75, 3.05) is 0 Å². The quantitative estimate of drug-likeness (QED) is 0.509. The van der Waals surface area contributed by atoms with Gasteiger partial charge >= 0.3 is 5.97 Å². The molecule has 1 heterocycles. The summed E-state index contributed by atoms with van der Waals surface area (Å²) in [5.41, 5.74) is 1.99. The van der Waals surface area contributed by atoms with Crippen molar-refractivity contribution in [1.29, 1.82) is 0 Å². The van der Waals surface area contributed by atoms with Crippen LogP contribution >= 0.6 is 0 Å². The molecule has 0 aliphatic heterocycles. The lowest BCUT2D eigenvalue weighted by Gasteiger charge is -2.14. The highest BCUT2D eigenvalue weighted by Gasteiger charge is 2.17. The van der Waals surface area contributed by atoms with Gasteiger partial charge in [-0.25, -0.2) is 18.6 Å². The van der Waals surface area contributed by atoms with Crippen LogP contribution in [0.15, 0.2) is 42.5 Å². The minimum absolute atomic E-state index is 0.257. The van der Waals surface area contributed by atoms with Crippen molar-refractivity contribution >= 4 is 17.0 Å². The fraction of sp³-hybridized carbons (Fsp3) is 0.263. The van der Waals surface area contributed by atoms with Gasteiger partial charge in [0.25, 0.3) is 6.43 Å². The number of H-pyrrole nitrogens is 1. The number of hydrogen-bond donors (Lipinski definition) is 1. The molecule has 0 aliphatic rings. The number of aromatic amines is 1. The zero-order valence-corrected chi connectivity index (χ0v) is 13.9. The number of nitrogens with one attached hydrogen (secondary N) is 1. The molecule has 130 valence electrons. The number of hydrogen-bond acceptors (Lipinski definition) is 3. The van der Waals surface area contributed by atoms with Crippen molar-refractivity contribution in [3.05, 3.63) is 59.4 Å². The molecular formula is C19H18F2N2O2. The van der Waals surface area contributed by atoms with E-state index >= 15 is 0 Å². The Bertz CT molecular complexity index is 905. The van der Waals surface area contributed by atoms with E-state index in [2.05, 4.69) is 23.8 Å². The lowest BCUT2D eigenvalue weighted by molar-refractivity contribution is 0.0732. The van der Waals surface area contributed by atoms with Crippen LogP contribution in [0.5, 0.6) is 5.75 Å². The van der Waals surface area contributed by atoms with Crippen LogP contribution in [0, 0.1) is 0 Å². The summed E-state index contributed by atoms with van der Waals surface area (Å²) in [5, 5.41) is 0. The molecule has 1 N–H and O–H groups in total. The molecule has 25 heavy (non-hydrogen) atoms. The fourth-order valence-electron chi connectivity index (χ4n) is 2.62. The summed E-state index contributed by atoms with van der Waals surface area (Å²) >= 11 is 0. The number of carbonyl (C=O) groups excluding carboxylic acids is 1. The molecule has 0 fully saturated rings. The van der Waals surface area contributed by atoms with Crippen LogP contribution in [-0.2, 0) is 0 Å². The Balaban J connectivity index is 1.88. The van der Waals surface area contributed by atoms with Gasteiger partial charge < -0.3 is 9.72 Å². The zero-order chi connectivity index (χ0) is 18.0. The first-order valence-electron chi connectivity index (χ1n) is 8.08. The highest BCUT2D eigenvalue weighted by Crippen LogP contribution is 2.29. The van der Waals surface area contributed by atoms with Crippen LogP contribution in [0.25, 0.3) is 11.0 Å². The summed E-state index contributed by atoms with van der Waals surface area (Å²) in [6, 6.07) is 11.9. The van der Waals surface area contributed by atoms with E-state index in [1.807, 2.05) is 18.2 Å². The summed E-state index contributed by atoms with van der Waals surface area (Å²) in [7, 11) is 0. The van der Waals surface area contributed by atoms with Gasteiger partial charge in [0.2, 0.25) is 0 Å². The Kier molecular flexibility index (Phi) is 4.79. The van der Waals surface area contributed by atoms with Crippen molar-refractivity contribution in [3.63, 3.8) is 0 Å². The molecule has 0 radical (unpaired) electrons. The molecule has 1 aromatic heterocycles. The Labute approximate surface area is 143 Å². The van der Waals surface area contributed by atoms with E-state index in [1.54, 1.807) is 6.07 Å². The van der Waals surface area contributed by atoms with Crippen LogP contribution in [0.3, 0.4) is 0 Å². The number of ether oxygens (including phenoxy) is 1. The standard InChI is InChI=1S/C19H18F2N2O2/c1-3-11(2)13-6-4-5-7-16(13)25-19(24)12-8-9-14-15(10-12)23-18(22-14)17(20)21/h4-11,17H,3H2,1-2H3,(H,22,23). The second-order valence-electron chi connectivity index (χ2n) is 5.89. The molecule has 4 nitrogen and oxygen atoms in total. The third-order valence-electron chi connectivity index (χ3n) is 4.21. The van der Waals surface area contributed by atoms with E-state index in [-0.39, 0.29) is 11.5 Å². The smallest absolute Gasteiger partial charge is 0.343 e. The van der Waals surface area contributed by atoms with E-state index in [1.165, 1.54) is 18.2 Å². The average molecular weight is 344 g/mol. The summed E-state index contributed by atoms with van der Waals surface area (Å²) in [5.74, 6) is -0.180. The van der Waals surface area contributed by atoms with E-state index < -0.39 is 18.2 Å². The number of benzene rings is 2. The van der Waals surface area contributed by atoms with Crippen molar-refractivity contribution in [2.45, 2.75) is 32.6 Å². The summed E-state index contributed by atoms with van der Waals surface area (Å²) in [6.07, 6.45) is -1.77. The minimum Gasteiger partial charge on any atom is -0.423 e. The van der Waals surface area contributed by atoms with E-state index in [0.29, 0.717) is 16.8 Å². The molecule has 1 unspecified atom stereocenters. The molecule has 0 aliphatic carbocycles. The molecule has 3 aromatic rings. The zero-order valence-electron chi connectivity index (χ0n) is 13.9. The molecule has 0 saturated heterocycles. The molecule has 0 amide bonds. The number of halogens is 2. The summed E-state index contributed by atoms with van der Waals surface area (Å²) < 4.78 is 31.0. The summed E-state index contributed by atoms with van der Waals surface area (Å²) in [6.45, 7) is 4.13. The first-order valence-corrected chi connectivity index (χ1v) is 8.08. The predicted molar refractivity (Wildman–Crippen MR) is 91.2 cm³/mol. The average Bonchev–Trinajstić information content (AvgIpc) is 3.05. The van der Waals surface area contributed by atoms with Gasteiger partial charge in [0.15, 0.2) is 5.82 Å². The Hall–Kier alpha value is -2.76. The van der Waals surface area contributed by atoms with Crippen molar-refractivity contribution in [2.24, 2.45) is 0 Å². The molecule has 2 aromatic carbocycles. The molecule has 0 spiro atoms. The Morgan fingerprint density at radius 3 is 2.72 bits per heavy atom. The van der Waals surface area contributed by atoms with Crippen LogP contribution in [-0.4, -0.2) is 15.9 Å². The number of carbonyl (C=O) groups is 1. The SMILES string of the molecule is CCC(C)c1ccccc1OC(=O)c1ccc2nc(C(F)F)[nH]c2c1. The van der Waals surface area contributed by atoms with Crippen molar-refractivity contribution < 1.29 is 18.3 Å². The summed E-state index contributed by atoms with van der Waals surface area (Å²) in [4.78, 5) is 18.8. The minimum atomic E-state index is -2.69. The Morgan fingerprint density at radius 2 is 2.00 bits per heavy atom. The lowest BCUT2D eigenvalue weighted by Crippen LogP contribution is -2.10. The van der Waals surface area contributed by atoms with Gasteiger partial charge in [-0.05, 0) is 42.2 Å². The van der Waals surface area contributed by atoms with Gasteiger partial charge in [0.1, 0.15) is 5.75 Å². The van der Waals surface area contributed by atoms with Gasteiger partial charge in [-0.15, -0.1) is 0 Å². The number of imidazole rings is 1. The molecule has 1 atom stereocenters. The van der Waals surface area contributed by atoms with Crippen molar-refractivity contribution in [3.8, 4) is 5.75 Å². The predicted octanol–water partition coefficient (Wildman–Crippen LogP) is 5.23. The maximum Gasteiger partial charge on any atom is 0.343 e. The topological polar surface area (TPSA) is 55.0 Å².